The molecule has 5 nitrogen and oxygen atoms in total. The molecule has 6 heteroatoms. The topological polar surface area (TPSA) is 67.6 Å². The molecule has 1 atom stereocenters. The molecule has 2 rings (SSSR count). The first-order valence-corrected chi connectivity index (χ1v) is 7.14. The van der Waals surface area contributed by atoms with Crippen molar-refractivity contribution in [2.45, 2.75) is 19.9 Å². The van der Waals surface area contributed by atoms with Crippen molar-refractivity contribution < 1.29 is 13.9 Å². The van der Waals surface area contributed by atoms with E-state index >= 15 is 0 Å². The Hall–Kier alpha value is -1.66. The normalized spacial score (nSPS) is 17.5. The number of anilines is 1. The van der Waals surface area contributed by atoms with Crippen LogP contribution in [0.1, 0.15) is 22.8 Å². The predicted molar refractivity (Wildman–Crippen MR) is 79.7 cm³/mol. The molecule has 0 radical (unpaired) electrons. The summed E-state index contributed by atoms with van der Waals surface area (Å²) in [6.45, 7) is 7.45. The average molecular weight is 295 g/mol. The summed E-state index contributed by atoms with van der Waals surface area (Å²) in [5.74, 6) is -0.762. The van der Waals surface area contributed by atoms with Gasteiger partial charge in [0.05, 0.1) is 13.2 Å². The fourth-order valence-corrected chi connectivity index (χ4v) is 2.36. The Morgan fingerprint density at radius 3 is 2.76 bits per heavy atom. The smallest absolute Gasteiger partial charge is 0.251 e. The number of benzene rings is 1. The molecule has 0 saturated carbocycles. The van der Waals surface area contributed by atoms with Gasteiger partial charge in [0.1, 0.15) is 5.82 Å². The van der Waals surface area contributed by atoms with Crippen LogP contribution in [0.15, 0.2) is 12.1 Å². The third-order valence-electron chi connectivity index (χ3n) is 3.66. The van der Waals surface area contributed by atoms with Crippen LogP contribution in [0.25, 0.3) is 0 Å². The Kier molecular flexibility index (Phi) is 5.14. The lowest BCUT2D eigenvalue weighted by Crippen LogP contribution is -2.46. The van der Waals surface area contributed by atoms with E-state index in [1.54, 1.807) is 6.92 Å². The second-order valence-corrected chi connectivity index (χ2v) is 5.46. The van der Waals surface area contributed by atoms with Crippen molar-refractivity contribution in [3.05, 3.63) is 29.1 Å². The van der Waals surface area contributed by atoms with Crippen molar-refractivity contribution in [3.8, 4) is 0 Å². The van der Waals surface area contributed by atoms with Crippen molar-refractivity contribution in [2.75, 3.05) is 38.6 Å². The summed E-state index contributed by atoms with van der Waals surface area (Å²) < 4.78 is 18.9. The lowest BCUT2D eigenvalue weighted by molar-refractivity contribution is 0.0342. The Morgan fingerprint density at radius 2 is 2.14 bits per heavy atom. The number of carbonyl (C=O) groups is 1. The van der Waals surface area contributed by atoms with E-state index in [1.807, 2.05) is 6.92 Å². The van der Waals surface area contributed by atoms with Gasteiger partial charge in [-0.05, 0) is 26.0 Å². The van der Waals surface area contributed by atoms with E-state index in [9.17, 15) is 9.18 Å². The van der Waals surface area contributed by atoms with Gasteiger partial charge in [0, 0.05) is 42.5 Å². The zero-order valence-corrected chi connectivity index (χ0v) is 12.5. The third-order valence-corrected chi connectivity index (χ3v) is 3.66. The molecule has 1 amide bonds. The van der Waals surface area contributed by atoms with Crippen LogP contribution >= 0.6 is 0 Å². The van der Waals surface area contributed by atoms with E-state index in [0.717, 1.165) is 32.8 Å². The second kappa shape index (κ2) is 6.87. The number of ether oxygens (including phenoxy) is 1. The Labute approximate surface area is 124 Å². The Balaban J connectivity index is 1.94. The first-order chi connectivity index (χ1) is 9.97. The minimum atomic E-state index is -0.457. The molecule has 21 heavy (non-hydrogen) atoms. The highest BCUT2D eigenvalue weighted by Crippen LogP contribution is 2.17. The van der Waals surface area contributed by atoms with E-state index in [2.05, 4.69) is 10.2 Å². The standard InChI is InChI=1S/C15H22FN3O2/c1-10(9-19-3-5-21-6-4-19)18-15(20)12-7-13(16)11(2)14(17)8-12/h7-8,10H,3-6,9,17H2,1-2H3,(H,18,20). The monoisotopic (exact) mass is 295 g/mol. The van der Waals surface area contributed by atoms with Gasteiger partial charge in [-0.1, -0.05) is 0 Å². The first-order valence-electron chi connectivity index (χ1n) is 7.14. The highest BCUT2D eigenvalue weighted by Gasteiger charge is 2.17. The van der Waals surface area contributed by atoms with E-state index in [4.69, 9.17) is 10.5 Å². The number of nitrogens with two attached hydrogens (primary N) is 1. The van der Waals surface area contributed by atoms with Gasteiger partial charge >= 0.3 is 0 Å². The summed E-state index contributed by atoms with van der Waals surface area (Å²) in [5, 5.41) is 2.87. The number of hydrogen-bond donors (Lipinski definition) is 2. The maximum atomic E-state index is 13.6. The number of carbonyl (C=O) groups excluding carboxylic acids is 1. The molecule has 1 aliphatic heterocycles. The van der Waals surface area contributed by atoms with Crippen LogP contribution in [0, 0.1) is 12.7 Å². The zero-order valence-electron chi connectivity index (χ0n) is 12.5. The van der Waals surface area contributed by atoms with Crippen LogP contribution in [0.3, 0.4) is 0 Å². The third kappa shape index (κ3) is 4.15. The highest BCUT2D eigenvalue weighted by atomic mass is 19.1. The number of morpholine rings is 1. The Bertz CT molecular complexity index is 493. The molecule has 116 valence electrons. The number of halogens is 1. The van der Waals surface area contributed by atoms with Crippen LogP contribution in [0.2, 0.25) is 0 Å². The van der Waals surface area contributed by atoms with Crippen LogP contribution in [-0.4, -0.2) is 49.7 Å². The number of rotatable bonds is 4. The molecule has 1 aliphatic rings. The van der Waals surface area contributed by atoms with E-state index in [0.29, 0.717) is 11.3 Å². The largest absolute Gasteiger partial charge is 0.398 e. The zero-order chi connectivity index (χ0) is 15.4. The SMILES string of the molecule is Cc1c(N)cc(C(=O)NC(C)CN2CCOCC2)cc1F. The van der Waals surface area contributed by atoms with Gasteiger partial charge in [-0.3, -0.25) is 9.69 Å². The summed E-state index contributed by atoms with van der Waals surface area (Å²) in [5.41, 5.74) is 6.61. The number of nitrogens with zero attached hydrogens (tertiary/aromatic N) is 1. The van der Waals surface area contributed by atoms with Crippen molar-refractivity contribution in [1.29, 1.82) is 0 Å². The van der Waals surface area contributed by atoms with E-state index in [-0.39, 0.29) is 17.5 Å². The number of hydrogen-bond acceptors (Lipinski definition) is 4. The van der Waals surface area contributed by atoms with Gasteiger partial charge in [0.2, 0.25) is 0 Å². The maximum Gasteiger partial charge on any atom is 0.251 e. The van der Waals surface area contributed by atoms with Crippen LogP contribution in [0.5, 0.6) is 0 Å². The van der Waals surface area contributed by atoms with Crippen LogP contribution < -0.4 is 11.1 Å². The summed E-state index contributed by atoms with van der Waals surface area (Å²) >= 11 is 0. The minimum absolute atomic E-state index is 0.0267. The lowest BCUT2D eigenvalue weighted by Gasteiger charge is -2.29. The molecule has 3 N–H and O–H groups in total. The molecule has 1 unspecified atom stereocenters. The van der Waals surface area contributed by atoms with Gasteiger partial charge in [-0.2, -0.15) is 0 Å². The molecular formula is C15H22FN3O2. The number of nitrogens with one attached hydrogen (secondary N) is 1. The van der Waals surface area contributed by atoms with Crippen LogP contribution in [0.4, 0.5) is 10.1 Å². The first kappa shape index (κ1) is 15.7. The fourth-order valence-electron chi connectivity index (χ4n) is 2.36. The molecule has 1 aromatic carbocycles. The lowest BCUT2D eigenvalue weighted by atomic mass is 10.1. The number of amides is 1. The molecular weight excluding hydrogens is 273 g/mol. The maximum absolute atomic E-state index is 13.6. The molecule has 1 saturated heterocycles. The molecule has 1 fully saturated rings. The quantitative estimate of drug-likeness (QED) is 0.818. The van der Waals surface area contributed by atoms with Gasteiger partial charge in [-0.25, -0.2) is 4.39 Å². The van der Waals surface area contributed by atoms with Gasteiger partial charge in [-0.15, -0.1) is 0 Å². The van der Waals surface area contributed by atoms with Crippen LogP contribution in [-0.2, 0) is 4.74 Å². The molecule has 0 aromatic heterocycles. The summed E-state index contributed by atoms with van der Waals surface area (Å²) in [6.07, 6.45) is 0. The van der Waals surface area contributed by atoms with Crippen molar-refractivity contribution in [2.24, 2.45) is 0 Å². The van der Waals surface area contributed by atoms with E-state index in [1.165, 1.54) is 12.1 Å². The van der Waals surface area contributed by atoms with Crippen molar-refractivity contribution in [3.63, 3.8) is 0 Å². The molecule has 0 aliphatic carbocycles. The molecule has 0 spiro atoms. The van der Waals surface area contributed by atoms with Gasteiger partial charge in [0.15, 0.2) is 0 Å². The Morgan fingerprint density at radius 1 is 1.48 bits per heavy atom. The molecule has 1 heterocycles. The van der Waals surface area contributed by atoms with E-state index < -0.39 is 5.82 Å². The minimum Gasteiger partial charge on any atom is -0.398 e. The summed E-state index contributed by atoms with van der Waals surface area (Å²) in [7, 11) is 0. The summed E-state index contributed by atoms with van der Waals surface area (Å²) in [4.78, 5) is 14.4. The van der Waals surface area contributed by atoms with Gasteiger partial charge in [0.25, 0.3) is 5.91 Å². The van der Waals surface area contributed by atoms with Crippen molar-refractivity contribution >= 4 is 11.6 Å². The molecule has 0 bridgehead atoms. The fraction of sp³-hybridized carbons (Fsp3) is 0.533. The highest BCUT2D eigenvalue weighted by molar-refractivity contribution is 5.95. The van der Waals surface area contributed by atoms with Gasteiger partial charge < -0.3 is 15.8 Å². The summed E-state index contributed by atoms with van der Waals surface area (Å²) in [6, 6.07) is 2.71. The molecule has 1 aromatic rings. The van der Waals surface area contributed by atoms with Crippen molar-refractivity contribution in [1.82, 2.24) is 10.2 Å². The average Bonchev–Trinajstić information content (AvgIpc) is 2.45. The second-order valence-electron chi connectivity index (χ2n) is 5.46. The number of nitrogen functional groups attached to an aromatic ring is 1. The predicted octanol–water partition coefficient (Wildman–Crippen LogP) is 1.17.